The van der Waals surface area contributed by atoms with Gasteiger partial charge in [-0.05, 0) is 65.7 Å². The van der Waals surface area contributed by atoms with Gasteiger partial charge >= 0.3 is 0 Å². The zero-order valence-electron chi connectivity index (χ0n) is 18.6. The Kier molecular flexibility index (Phi) is 5.76. The molecule has 3 aromatic carbocycles. The summed E-state index contributed by atoms with van der Waals surface area (Å²) in [4.78, 5) is 33.4. The molecule has 2 N–H and O–H groups in total. The number of furan rings is 1. The molecule has 5 rings (SSSR count). The number of benzene rings is 3. The van der Waals surface area contributed by atoms with E-state index in [9.17, 15) is 14.0 Å². The molecule has 0 saturated carbocycles. The van der Waals surface area contributed by atoms with Crippen LogP contribution in [-0.4, -0.2) is 28.8 Å². The highest BCUT2D eigenvalue weighted by molar-refractivity contribution is 6.12. The Bertz CT molecular complexity index is 1550. The third-order valence-electron chi connectivity index (χ3n) is 5.53. The number of fused-ring (bicyclic) bond motifs is 1. The van der Waals surface area contributed by atoms with E-state index in [1.54, 1.807) is 55.7 Å². The number of amides is 2. The number of carbonyl (C=O) groups is 2. The van der Waals surface area contributed by atoms with E-state index in [2.05, 4.69) is 20.6 Å². The van der Waals surface area contributed by atoms with Crippen molar-refractivity contribution in [3.05, 3.63) is 102 Å². The zero-order valence-corrected chi connectivity index (χ0v) is 18.6. The number of hydrogen-bond donors (Lipinski definition) is 2. The number of hydrogen-bond acceptors (Lipinski definition) is 5. The number of aromatic nitrogens is 2. The van der Waals surface area contributed by atoms with Crippen molar-refractivity contribution in [2.45, 2.75) is 0 Å². The van der Waals surface area contributed by atoms with Crippen LogP contribution < -0.4 is 10.6 Å². The summed E-state index contributed by atoms with van der Waals surface area (Å²) in [6.45, 7) is 0. The third-order valence-corrected chi connectivity index (χ3v) is 5.53. The number of nitrogens with one attached hydrogen (secondary N) is 2. The van der Waals surface area contributed by atoms with Crippen LogP contribution in [0.4, 0.5) is 10.2 Å². The summed E-state index contributed by atoms with van der Waals surface area (Å²) >= 11 is 0. The number of rotatable bonds is 5. The predicted molar refractivity (Wildman–Crippen MR) is 130 cm³/mol. The van der Waals surface area contributed by atoms with Gasteiger partial charge in [-0.15, -0.1) is 0 Å². The maximum atomic E-state index is 13.4. The minimum absolute atomic E-state index is 0.306. The van der Waals surface area contributed by atoms with Gasteiger partial charge in [-0.1, -0.05) is 18.2 Å². The molecule has 2 aromatic heterocycles. The summed E-state index contributed by atoms with van der Waals surface area (Å²) in [7, 11) is 1.54. The van der Waals surface area contributed by atoms with Crippen LogP contribution in [0.1, 0.15) is 20.7 Å². The van der Waals surface area contributed by atoms with Gasteiger partial charge in [0.25, 0.3) is 11.8 Å². The summed E-state index contributed by atoms with van der Waals surface area (Å²) in [5.41, 5.74) is 3.50. The molecule has 172 valence electrons. The van der Waals surface area contributed by atoms with E-state index in [4.69, 9.17) is 4.42 Å². The average Bonchev–Trinajstić information content (AvgIpc) is 3.28. The van der Waals surface area contributed by atoms with Crippen molar-refractivity contribution >= 4 is 28.6 Å². The number of anilines is 1. The van der Waals surface area contributed by atoms with E-state index in [-0.39, 0.29) is 17.6 Å². The molecule has 0 atom stereocenters. The molecule has 0 saturated heterocycles. The fraction of sp³-hybridized carbons (Fsp3) is 0.0370. The average molecular weight is 466 g/mol. The van der Waals surface area contributed by atoms with Gasteiger partial charge < -0.3 is 15.1 Å². The second kappa shape index (κ2) is 9.18. The molecule has 35 heavy (non-hydrogen) atoms. The predicted octanol–water partition coefficient (Wildman–Crippen LogP) is 5.31. The molecule has 8 heteroatoms. The Morgan fingerprint density at radius 2 is 1.66 bits per heavy atom. The minimum Gasteiger partial charge on any atom is -0.455 e. The summed E-state index contributed by atoms with van der Waals surface area (Å²) in [5.74, 6) is -0.247. The Morgan fingerprint density at radius 1 is 0.886 bits per heavy atom. The lowest BCUT2D eigenvalue weighted by Crippen LogP contribution is -2.18. The molecule has 0 aliphatic heterocycles. The summed E-state index contributed by atoms with van der Waals surface area (Å²) in [6, 6.07) is 20.0. The van der Waals surface area contributed by atoms with Crippen LogP contribution in [0.15, 0.2) is 89.7 Å². The molecule has 0 radical (unpaired) electrons. The van der Waals surface area contributed by atoms with Gasteiger partial charge in [0.1, 0.15) is 29.3 Å². The first-order valence-electron chi connectivity index (χ1n) is 10.8. The number of halogens is 1. The van der Waals surface area contributed by atoms with Gasteiger partial charge in [-0.2, -0.15) is 0 Å². The van der Waals surface area contributed by atoms with Crippen molar-refractivity contribution in [1.82, 2.24) is 15.3 Å². The summed E-state index contributed by atoms with van der Waals surface area (Å²) in [6.07, 6.45) is 2.90. The van der Waals surface area contributed by atoms with Gasteiger partial charge in [-0.3, -0.25) is 9.59 Å². The van der Waals surface area contributed by atoms with Crippen molar-refractivity contribution in [3.8, 4) is 22.5 Å². The maximum absolute atomic E-state index is 13.4. The van der Waals surface area contributed by atoms with Crippen LogP contribution >= 0.6 is 0 Å². The van der Waals surface area contributed by atoms with E-state index in [1.165, 1.54) is 18.5 Å². The molecule has 0 spiro atoms. The van der Waals surface area contributed by atoms with Crippen LogP contribution in [0.2, 0.25) is 0 Å². The van der Waals surface area contributed by atoms with Gasteiger partial charge in [0.2, 0.25) is 0 Å². The lowest BCUT2D eigenvalue weighted by Gasteiger charge is -2.07. The van der Waals surface area contributed by atoms with Gasteiger partial charge in [-0.25, -0.2) is 14.4 Å². The molecule has 0 bridgehead atoms. The van der Waals surface area contributed by atoms with E-state index < -0.39 is 0 Å². The monoisotopic (exact) mass is 466 g/mol. The number of nitrogens with zero attached hydrogens (tertiary/aromatic N) is 2. The van der Waals surface area contributed by atoms with Crippen LogP contribution in [0, 0.1) is 5.82 Å². The van der Waals surface area contributed by atoms with E-state index in [1.807, 2.05) is 18.2 Å². The SMILES string of the molecule is CNC(=O)c1c(-c2ccc(F)cc2)oc2ccc(-c3cccc(C(=O)Nc4ccncn4)c3)cc12. The van der Waals surface area contributed by atoms with Crippen molar-refractivity contribution in [3.63, 3.8) is 0 Å². The second-order valence-electron chi connectivity index (χ2n) is 7.73. The van der Waals surface area contributed by atoms with Crippen LogP contribution in [-0.2, 0) is 0 Å². The van der Waals surface area contributed by atoms with Crippen molar-refractivity contribution in [2.75, 3.05) is 12.4 Å². The molecule has 5 aromatic rings. The highest BCUT2D eigenvalue weighted by Gasteiger charge is 2.22. The highest BCUT2D eigenvalue weighted by Crippen LogP contribution is 2.36. The first-order valence-corrected chi connectivity index (χ1v) is 10.8. The quantitative estimate of drug-likeness (QED) is 0.366. The Balaban J connectivity index is 1.55. The molecule has 0 aliphatic carbocycles. The Hall–Kier alpha value is -4.85. The largest absolute Gasteiger partial charge is 0.455 e. The lowest BCUT2D eigenvalue weighted by atomic mass is 9.99. The molecule has 7 nitrogen and oxygen atoms in total. The van der Waals surface area contributed by atoms with Gasteiger partial charge in [0, 0.05) is 29.8 Å². The van der Waals surface area contributed by atoms with E-state index >= 15 is 0 Å². The molecule has 2 amide bonds. The minimum atomic E-state index is -0.378. The van der Waals surface area contributed by atoms with Crippen LogP contribution in [0.5, 0.6) is 0 Å². The highest BCUT2D eigenvalue weighted by atomic mass is 19.1. The standard InChI is InChI=1S/C27H19FN4O3/c1-29-27(34)24-21-14-18(7-10-22(21)35-25(24)16-5-8-20(28)9-6-16)17-3-2-4-19(13-17)26(33)32-23-11-12-30-15-31-23/h2-15H,1H3,(H,29,34)(H,30,31,32,33). The molecular weight excluding hydrogens is 447 g/mol. The normalized spacial score (nSPS) is 10.8. The van der Waals surface area contributed by atoms with Crippen molar-refractivity contribution in [1.29, 1.82) is 0 Å². The lowest BCUT2D eigenvalue weighted by molar-refractivity contribution is 0.0963. The Morgan fingerprint density at radius 3 is 2.40 bits per heavy atom. The molecular formula is C27H19FN4O3. The fourth-order valence-electron chi connectivity index (χ4n) is 3.83. The molecule has 2 heterocycles. The Labute approximate surface area is 199 Å². The van der Waals surface area contributed by atoms with Crippen molar-refractivity contribution < 1.29 is 18.4 Å². The molecule has 0 unspecified atom stereocenters. The third kappa shape index (κ3) is 4.37. The second-order valence-corrected chi connectivity index (χ2v) is 7.73. The first-order chi connectivity index (χ1) is 17.0. The van der Waals surface area contributed by atoms with E-state index in [0.717, 1.165) is 11.1 Å². The molecule has 0 aliphatic rings. The van der Waals surface area contributed by atoms with Crippen LogP contribution in [0.3, 0.4) is 0 Å². The smallest absolute Gasteiger partial charge is 0.256 e. The van der Waals surface area contributed by atoms with Crippen LogP contribution in [0.25, 0.3) is 33.4 Å². The zero-order chi connectivity index (χ0) is 24.4. The van der Waals surface area contributed by atoms with Crippen molar-refractivity contribution in [2.24, 2.45) is 0 Å². The first kappa shape index (κ1) is 22.0. The topological polar surface area (TPSA) is 97.1 Å². The van der Waals surface area contributed by atoms with E-state index in [0.29, 0.717) is 39.2 Å². The molecule has 0 fully saturated rings. The fourth-order valence-corrected chi connectivity index (χ4v) is 3.83. The summed E-state index contributed by atoms with van der Waals surface area (Å²) < 4.78 is 19.4. The maximum Gasteiger partial charge on any atom is 0.256 e. The van der Waals surface area contributed by atoms with Gasteiger partial charge in [0.15, 0.2) is 0 Å². The van der Waals surface area contributed by atoms with Gasteiger partial charge in [0.05, 0.1) is 5.56 Å². The number of carbonyl (C=O) groups excluding carboxylic acids is 2. The summed E-state index contributed by atoms with van der Waals surface area (Å²) in [5, 5.41) is 6.00.